The van der Waals surface area contributed by atoms with Gasteiger partial charge < -0.3 is 14.6 Å². The van der Waals surface area contributed by atoms with Crippen LogP contribution in [0.1, 0.15) is 31.5 Å². The summed E-state index contributed by atoms with van der Waals surface area (Å²) in [5, 5.41) is 6.98. The Kier molecular flexibility index (Phi) is 3.33. The van der Waals surface area contributed by atoms with Crippen molar-refractivity contribution in [3.05, 3.63) is 11.7 Å². The third-order valence-corrected chi connectivity index (χ3v) is 2.54. The molecule has 1 N–H and O–H groups in total. The van der Waals surface area contributed by atoms with Crippen LogP contribution in [0.5, 0.6) is 0 Å². The fourth-order valence-corrected chi connectivity index (χ4v) is 1.79. The molecular weight excluding hydrogens is 194 g/mol. The summed E-state index contributed by atoms with van der Waals surface area (Å²) in [6.45, 7) is 5.40. The van der Waals surface area contributed by atoms with Crippen molar-refractivity contribution < 1.29 is 9.26 Å². The molecule has 1 saturated heterocycles. The van der Waals surface area contributed by atoms with Gasteiger partial charge in [-0.05, 0) is 26.7 Å². The van der Waals surface area contributed by atoms with Crippen LogP contribution >= 0.6 is 0 Å². The van der Waals surface area contributed by atoms with Gasteiger partial charge in [-0.2, -0.15) is 4.98 Å². The Morgan fingerprint density at radius 3 is 2.93 bits per heavy atom. The molecule has 0 bridgehead atoms. The monoisotopic (exact) mass is 211 g/mol. The molecule has 2 unspecified atom stereocenters. The lowest BCUT2D eigenvalue weighted by molar-refractivity contribution is 0.0555. The van der Waals surface area contributed by atoms with Crippen molar-refractivity contribution in [1.29, 1.82) is 0 Å². The number of rotatable bonds is 4. The van der Waals surface area contributed by atoms with Crippen molar-refractivity contribution in [2.45, 2.75) is 45.4 Å². The topological polar surface area (TPSA) is 60.2 Å². The highest BCUT2D eigenvalue weighted by molar-refractivity contribution is 4.82. The number of nitrogens with one attached hydrogen (secondary N) is 1. The Bertz CT molecular complexity index is 313. The summed E-state index contributed by atoms with van der Waals surface area (Å²) < 4.78 is 10.7. The normalized spacial score (nSPS) is 26.0. The fraction of sp³-hybridized carbons (Fsp3) is 0.800. The van der Waals surface area contributed by atoms with E-state index in [1.54, 1.807) is 0 Å². The van der Waals surface area contributed by atoms with Gasteiger partial charge in [-0.15, -0.1) is 0 Å². The van der Waals surface area contributed by atoms with Gasteiger partial charge in [-0.1, -0.05) is 5.16 Å². The molecule has 2 rings (SSSR count). The summed E-state index contributed by atoms with van der Waals surface area (Å²) >= 11 is 0. The number of nitrogens with zero attached hydrogens (tertiary/aromatic N) is 2. The molecule has 0 aliphatic carbocycles. The molecule has 1 aromatic heterocycles. The molecule has 0 aromatic carbocycles. The average molecular weight is 211 g/mol. The Morgan fingerprint density at radius 1 is 1.47 bits per heavy atom. The first kappa shape index (κ1) is 10.6. The third-order valence-electron chi connectivity index (χ3n) is 2.54. The van der Waals surface area contributed by atoms with Gasteiger partial charge in [-0.3, -0.25) is 0 Å². The minimum absolute atomic E-state index is 0.337. The second-order valence-electron chi connectivity index (χ2n) is 4.01. The zero-order chi connectivity index (χ0) is 10.7. The molecule has 0 saturated carbocycles. The first-order chi connectivity index (χ1) is 7.24. The molecule has 15 heavy (non-hydrogen) atoms. The van der Waals surface area contributed by atoms with Crippen LogP contribution in [-0.2, 0) is 11.3 Å². The largest absolute Gasteiger partial charge is 0.374 e. The molecule has 2 heterocycles. The maximum absolute atomic E-state index is 5.68. The van der Waals surface area contributed by atoms with Gasteiger partial charge in [0.1, 0.15) is 0 Å². The van der Waals surface area contributed by atoms with Gasteiger partial charge in [0.15, 0.2) is 5.82 Å². The second kappa shape index (κ2) is 4.72. The fourth-order valence-electron chi connectivity index (χ4n) is 1.79. The zero-order valence-corrected chi connectivity index (χ0v) is 9.19. The third kappa shape index (κ3) is 3.00. The molecule has 1 aliphatic heterocycles. The smallest absolute Gasteiger partial charge is 0.240 e. The molecular formula is C10H17N3O2. The number of hydrogen-bond donors (Lipinski definition) is 1. The van der Waals surface area contributed by atoms with Crippen LogP contribution < -0.4 is 5.32 Å². The van der Waals surface area contributed by atoms with E-state index in [0.717, 1.165) is 19.4 Å². The van der Waals surface area contributed by atoms with Crippen LogP contribution in [0.25, 0.3) is 0 Å². The lowest BCUT2D eigenvalue weighted by Gasteiger charge is -2.10. The number of aryl methyl sites for hydroxylation is 1. The summed E-state index contributed by atoms with van der Waals surface area (Å²) in [6.07, 6.45) is 3.04. The average Bonchev–Trinajstić information content (AvgIpc) is 2.76. The van der Waals surface area contributed by atoms with Crippen LogP contribution in [0.2, 0.25) is 0 Å². The van der Waals surface area contributed by atoms with Gasteiger partial charge >= 0.3 is 0 Å². The predicted molar refractivity (Wildman–Crippen MR) is 54.3 cm³/mol. The maximum Gasteiger partial charge on any atom is 0.240 e. The van der Waals surface area contributed by atoms with Crippen molar-refractivity contribution in [2.24, 2.45) is 0 Å². The van der Waals surface area contributed by atoms with Crippen LogP contribution in [0.3, 0.4) is 0 Å². The second-order valence-corrected chi connectivity index (χ2v) is 4.01. The van der Waals surface area contributed by atoms with E-state index in [-0.39, 0.29) is 0 Å². The van der Waals surface area contributed by atoms with Gasteiger partial charge in [0.05, 0.1) is 18.8 Å². The van der Waals surface area contributed by atoms with Gasteiger partial charge in [-0.25, -0.2) is 0 Å². The lowest BCUT2D eigenvalue weighted by Crippen LogP contribution is -2.26. The minimum atomic E-state index is 0.337. The SMILES string of the molecule is Cc1noc(CNCC2CCC(C)O2)n1. The molecule has 0 spiro atoms. The van der Waals surface area contributed by atoms with Crippen LogP contribution in [0.4, 0.5) is 0 Å². The number of aromatic nitrogens is 2. The van der Waals surface area contributed by atoms with Crippen molar-refractivity contribution in [3.8, 4) is 0 Å². The summed E-state index contributed by atoms with van der Waals surface area (Å²) in [4.78, 5) is 4.11. The van der Waals surface area contributed by atoms with Crippen LogP contribution in [0.15, 0.2) is 4.52 Å². The van der Waals surface area contributed by atoms with Gasteiger partial charge in [0.2, 0.25) is 5.89 Å². The van der Waals surface area contributed by atoms with E-state index in [1.807, 2.05) is 6.92 Å². The Balaban J connectivity index is 1.67. The molecule has 1 fully saturated rings. The molecule has 2 atom stereocenters. The van der Waals surface area contributed by atoms with E-state index < -0.39 is 0 Å². The summed E-state index contributed by atoms with van der Waals surface area (Å²) in [5.41, 5.74) is 0. The van der Waals surface area contributed by atoms with Crippen LogP contribution in [-0.4, -0.2) is 28.9 Å². The highest BCUT2D eigenvalue weighted by Crippen LogP contribution is 2.18. The predicted octanol–water partition coefficient (Wildman–Crippen LogP) is 1.04. The first-order valence-electron chi connectivity index (χ1n) is 5.39. The van der Waals surface area contributed by atoms with E-state index in [0.29, 0.717) is 30.5 Å². The van der Waals surface area contributed by atoms with Crippen molar-refractivity contribution in [3.63, 3.8) is 0 Å². The van der Waals surface area contributed by atoms with Gasteiger partial charge in [0, 0.05) is 6.54 Å². The highest BCUT2D eigenvalue weighted by atomic mass is 16.5. The van der Waals surface area contributed by atoms with Crippen LogP contribution in [0, 0.1) is 6.92 Å². The number of ether oxygens (including phenoxy) is 1. The zero-order valence-electron chi connectivity index (χ0n) is 9.19. The van der Waals surface area contributed by atoms with E-state index in [4.69, 9.17) is 9.26 Å². The Hall–Kier alpha value is -0.940. The van der Waals surface area contributed by atoms with Gasteiger partial charge in [0.25, 0.3) is 0 Å². The first-order valence-corrected chi connectivity index (χ1v) is 5.39. The maximum atomic E-state index is 5.68. The molecule has 5 heteroatoms. The van der Waals surface area contributed by atoms with E-state index in [2.05, 4.69) is 22.4 Å². The van der Waals surface area contributed by atoms with Crippen molar-refractivity contribution in [2.75, 3.05) is 6.54 Å². The quantitative estimate of drug-likeness (QED) is 0.806. The lowest BCUT2D eigenvalue weighted by atomic mass is 10.2. The minimum Gasteiger partial charge on any atom is -0.374 e. The van der Waals surface area contributed by atoms with Crippen molar-refractivity contribution in [1.82, 2.24) is 15.5 Å². The highest BCUT2D eigenvalue weighted by Gasteiger charge is 2.21. The van der Waals surface area contributed by atoms with E-state index in [9.17, 15) is 0 Å². The van der Waals surface area contributed by atoms with Crippen molar-refractivity contribution >= 4 is 0 Å². The molecule has 5 nitrogen and oxygen atoms in total. The standard InChI is InChI=1S/C10H17N3O2/c1-7-3-4-9(14-7)5-11-6-10-12-8(2)13-15-10/h7,9,11H,3-6H2,1-2H3. The summed E-state index contributed by atoms with van der Waals surface area (Å²) in [6, 6.07) is 0. The van der Waals surface area contributed by atoms with E-state index in [1.165, 1.54) is 0 Å². The Labute approximate surface area is 89.2 Å². The molecule has 0 radical (unpaired) electrons. The molecule has 1 aliphatic rings. The summed E-state index contributed by atoms with van der Waals surface area (Å²) in [7, 11) is 0. The molecule has 0 amide bonds. The molecule has 1 aromatic rings. The Morgan fingerprint density at radius 2 is 2.33 bits per heavy atom. The molecule has 84 valence electrons. The number of hydrogen-bond acceptors (Lipinski definition) is 5. The van der Waals surface area contributed by atoms with E-state index >= 15 is 0 Å². The summed E-state index contributed by atoms with van der Waals surface area (Å²) in [5.74, 6) is 1.32.